The molecule has 0 saturated heterocycles. The van der Waals surface area contributed by atoms with Crippen molar-refractivity contribution in [1.29, 1.82) is 0 Å². The first-order valence-corrected chi connectivity index (χ1v) is 8.65. The summed E-state index contributed by atoms with van der Waals surface area (Å²) >= 11 is 13.4. The normalized spacial score (nSPS) is 10.5. The van der Waals surface area contributed by atoms with Gasteiger partial charge in [-0.2, -0.15) is 0 Å². The van der Waals surface area contributed by atoms with E-state index < -0.39 is 0 Å². The maximum atomic E-state index is 12.1. The quantitative estimate of drug-likeness (QED) is 0.670. The number of rotatable bonds is 6. The van der Waals surface area contributed by atoms with Crippen molar-refractivity contribution >= 4 is 40.9 Å². The lowest BCUT2D eigenvalue weighted by molar-refractivity contribution is -0.129. The smallest absolute Gasteiger partial charge is 0.223 e. The van der Waals surface area contributed by atoms with Crippen LogP contribution in [-0.2, 0) is 11.3 Å². The van der Waals surface area contributed by atoms with Crippen molar-refractivity contribution in [2.24, 2.45) is 0 Å². The third-order valence-electron chi connectivity index (χ3n) is 3.16. The zero-order valence-corrected chi connectivity index (χ0v) is 14.6. The van der Waals surface area contributed by atoms with Crippen LogP contribution in [0.5, 0.6) is 0 Å². The zero-order valence-electron chi connectivity index (χ0n) is 12.3. The van der Waals surface area contributed by atoms with Crippen molar-refractivity contribution in [2.45, 2.75) is 17.9 Å². The van der Waals surface area contributed by atoms with E-state index >= 15 is 0 Å². The Morgan fingerprint density at radius 1 is 1.00 bits per heavy atom. The molecule has 0 N–H and O–H groups in total. The third kappa shape index (κ3) is 5.56. The van der Waals surface area contributed by atoms with E-state index in [0.717, 1.165) is 21.2 Å². The van der Waals surface area contributed by atoms with Crippen molar-refractivity contribution in [3.63, 3.8) is 0 Å². The molecule has 116 valence electrons. The molecule has 5 heteroatoms. The fourth-order valence-corrected chi connectivity index (χ4v) is 3.02. The summed E-state index contributed by atoms with van der Waals surface area (Å²) in [6.07, 6.45) is 0.511. The maximum absolute atomic E-state index is 12.1. The molecule has 0 saturated carbocycles. The lowest BCUT2D eigenvalue weighted by atomic mass is 10.2. The maximum Gasteiger partial charge on any atom is 0.223 e. The summed E-state index contributed by atoms with van der Waals surface area (Å²) in [5.74, 6) is 0.891. The van der Waals surface area contributed by atoms with Gasteiger partial charge in [0.25, 0.3) is 0 Å². The van der Waals surface area contributed by atoms with Gasteiger partial charge in [0.2, 0.25) is 5.91 Å². The summed E-state index contributed by atoms with van der Waals surface area (Å²) in [5, 5.41) is 1.43. The molecule has 1 amide bonds. The summed E-state index contributed by atoms with van der Waals surface area (Å²) < 4.78 is 0. The zero-order chi connectivity index (χ0) is 15.9. The van der Waals surface area contributed by atoms with E-state index in [1.165, 1.54) is 0 Å². The van der Waals surface area contributed by atoms with Gasteiger partial charge in [0, 0.05) is 40.7 Å². The minimum atomic E-state index is 0.136. The van der Waals surface area contributed by atoms with Crippen LogP contribution in [0.2, 0.25) is 10.0 Å². The molecule has 2 nitrogen and oxygen atoms in total. The van der Waals surface area contributed by atoms with Crippen molar-refractivity contribution < 1.29 is 4.79 Å². The average molecular weight is 354 g/mol. The number of benzene rings is 2. The Morgan fingerprint density at radius 2 is 1.55 bits per heavy atom. The molecule has 0 fully saturated rings. The van der Waals surface area contributed by atoms with Crippen LogP contribution in [0.4, 0.5) is 0 Å². The largest absolute Gasteiger partial charge is 0.341 e. The van der Waals surface area contributed by atoms with Gasteiger partial charge in [-0.1, -0.05) is 35.3 Å². The molecule has 0 aliphatic carbocycles. The van der Waals surface area contributed by atoms with Crippen LogP contribution < -0.4 is 0 Å². The molecule has 22 heavy (non-hydrogen) atoms. The van der Waals surface area contributed by atoms with Gasteiger partial charge in [-0.05, 0) is 42.0 Å². The van der Waals surface area contributed by atoms with Crippen LogP contribution in [0.3, 0.4) is 0 Å². The van der Waals surface area contributed by atoms with Crippen molar-refractivity contribution in [3.05, 3.63) is 64.1 Å². The van der Waals surface area contributed by atoms with Crippen molar-refractivity contribution in [3.8, 4) is 0 Å². The SMILES string of the molecule is CN(Cc1ccc(Cl)cc1)C(=O)CCSc1ccc(Cl)cc1. The predicted octanol–water partition coefficient (Wildman–Crippen LogP) is 5.13. The summed E-state index contributed by atoms with van der Waals surface area (Å²) in [6.45, 7) is 0.599. The standard InChI is InChI=1S/C17H17Cl2NOS/c1-20(12-13-2-4-14(18)5-3-13)17(21)10-11-22-16-8-6-15(19)7-9-16/h2-9H,10-12H2,1H3. The number of hydrogen-bond donors (Lipinski definition) is 0. The molecule has 0 aromatic heterocycles. The summed E-state index contributed by atoms with van der Waals surface area (Å²) in [7, 11) is 1.82. The van der Waals surface area contributed by atoms with Gasteiger partial charge < -0.3 is 4.90 Å². The van der Waals surface area contributed by atoms with Crippen LogP contribution in [0.15, 0.2) is 53.4 Å². The Hall–Kier alpha value is -1.16. The fourth-order valence-electron chi connectivity index (χ4n) is 1.93. The van der Waals surface area contributed by atoms with Crippen molar-refractivity contribution in [1.82, 2.24) is 4.90 Å². The Balaban J connectivity index is 1.76. The Morgan fingerprint density at radius 3 is 2.14 bits per heavy atom. The van der Waals surface area contributed by atoms with Crippen LogP contribution in [-0.4, -0.2) is 23.6 Å². The van der Waals surface area contributed by atoms with E-state index in [2.05, 4.69) is 0 Å². The second-order valence-electron chi connectivity index (χ2n) is 4.93. The van der Waals surface area contributed by atoms with Gasteiger partial charge in [-0.25, -0.2) is 0 Å². The minimum Gasteiger partial charge on any atom is -0.341 e. The van der Waals surface area contributed by atoms with Crippen LogP contribution in [0.1, 0.15) is 12.0 Å². The fraction of sp³-hybridized carbons (Fsp3) is 0.235. The molecule has 2 rings (SSSR count). The monoisotopic (exact) mass is 353 g/mol. The lowest BCUT2D eigenvalue weighted by Gasteiger charge is -2.17. The molecule has 0 radical (unpaired) electrons. The molecule has 0 unspecified atom stereocenters. The molecule has 2 aromatic rings. The van der Waals surface area contributed by atoms with E-state index in [0.29, 0.717) is 18.0 Å². The van der Waals surface area contributed by atoms with Crippen LogP contribution >= 0.6 is 35.0 Å². The number of thioether (sulfide) groups is 1. The number of nitrogens with zero attached hydrogens (tertiary/aromatic N) is 1. The lowest BCUT2D eigenvalue weighted by Crippen LogP contribution is -2.26. The molecule has 2 aromatic carbocycles. The first-order valence-electron chi connectivity index (χ1n) is 6.91. The van der Waals surface area contributed by atoms with Gasteiger partial charge >= 0.3 is 0 Å². The number of hydrogen-bond acceptors (Lipinski definition) is 2. The number of carbonyl (C=O) groups excluding carboxylic acids is 1. The molecule has 0 bridgehead atoms. The molecular weight excluding hydrogens is 337 g/mol. The van der Waals surface area contributed by atoms with E-state index in [1.54, 1.807) is 16.7 Å². The number of halogens is 2. The second kappa shape index (κ2) is 8.47. The van der Waals surface area contributed by atoms with E-state index in [-0.39, 0.29) is 5.91 Å². The molecule has 0 heterocycles. The predicted molar refractivity (Wildman–Crippen MR) is 94.7 cm³/mol. The van der Waals surface area contributed by atoms with Gasteiger partial charge in [-0.3, -0.25) is 4.79 Å². The highest BCUT2D eigenvalue weighted by Crippen LogP contribution is 2.21. The van der Waals surface area contributed by atoms with Crippen LogP contribution in [0, 0.1) is 0 Å². The molecule has 0 spiro atoms. The molecule has 0 aliphatic rings. The number of carbonyl (C=O) groups is 1. The van der Waals surface area contributed by atoms with Gasteiger partial charge in [0.15, 0.2) is 0 Å². The Kier molecular flexibility index (Phi) is 6.62. The Bertz CT molecular complexity index is 614. The van der Waals surface area contributed by atoms with Gasteiger partial charge in [-0.15, -0.1) is 11.8 Å². The molecular formula is C17H17Cl2NOS. The molecule has 0 aliphatic heterocycles. The summed E-state index contributed by atoms with van der Waals surface area (Å²) in [4.78, 5) is 15.0. The Labute approximate surface area is 145 Å². The highest BCUT2D eigenvalue weighted by molar-refractivity contribution is 7.99. The summed E-state index contributed by atoms with van der Waals surface area (Å²) in [6, 6.07) is 15.2. The highest BCUT2D eigenvalue weighted by Gasteiger charge is 2.09. The van der Waals surface area contributed by atoms with Crippen molar-refractivity contribution in [2.75, 3.05) is 12.8 Å². The average Bonchev–Trinajstić information content (AvgIpc) is 2.51. The van der Waals surface area contributed by atoms with E-state index in [9.17, 15) is 4.79 Å². The first-order chi connectivity index (χ1) is 10.5. The first kappa shape index (κ1) is 17.2. The summed E-state index contributed by atoms with van der Waals surface area (Å²) in [5.41, 5.74) is 1.07. The topological polar surface area (TPSA) is 20.3 Å². The van der Waals surface area contributed by atoms with Gasteiger partial charge in [0.05, 0.1) is 0 Å². The minimum absolute atomic E-state index is 0.136. The van der Waals surface area contributed by atoms with E-state index in [1.807, 2.05) is 55.6 Å². The highest BCUT2D eigenvalue weighted by atomic mass is 35.5. The molecule has 0 atom stereocenters. The second-order valence-corrected chi connectivity index (χ2v) is 6.97. The third-order valence-corrected chi connectivity index (χ3v) is 4.67. The van der Waals surface area contributed by atoms with Crippen LogP contribution in [0.25, 0.3) is 0 Å². The van der Waals surface area contributed by atoms with Gasteiger partial charge in [0.1, 0.15) is 0 Å². The number of amides is 1. The van der Waals surface area contributed by atoms with E-state index in [4.69, 9.17) is 23.2 Å².